The molecule has 0 bridgehead atoms. The Kier molecular flexibility index (Phi) is 11.2. The minimum absolute atomic E-state index is 0. The molecular weight excluding hydrogens is 742 g/mol. The van der Waals surface area contributed by atoms with Gasteiger partial charge in [0, 0.05) is 51.4 Å². The Morgan fingerprint density at radius 3 is 2.27 bits per heavy atom. The summed E-state index contributed by atoms with van der Waals surface area (Å²) >= 11 is 2.26. The van der Waals surface area contributed by atoms with Crippen molar-refractivity contribution in [2.75, 3.05) is 13.2 Å². The van der Waals surface area contributed by atoms with E-state index < -0.39 is 16.6 Å². The largest absolute Gasteiger partial charge is 0.530 e. The van der Waals surface area contributed by atoms with Crippen molar-refractivity contribution in [3.8, 4) is 5.88 Å². The van der Waals surface area contributed by atoms with Crippen molar-refractivity contribution in [2.45, 2.75) is 128 Å². The van der Waals surface area contributed by atoms with Gasteiger partial charge in [0.15, 0.2) is 20.5 Å². The van der Waals surface area contributed by atoms with Gasteiger partial charge < -0.3 is 32.9 Å². The van der Waals surface area contributed by atoms with Gasteiger partial charge in [0.25, 0.3) is 0 Å². The summed E-state index contributed by atoms with van der Waals surface area (Å²) in [5, 5.41) is 0.299. The molecule has 229 valence electrons. The van der Waals surface area contributed by atoms with Crippen LogP contribution in [-0.2, 0) is 33.1 Å². The van der Waals surface area contributed by atoms with E-state index >= 15 is 0 Å². The fourth-order valence-electron chi connectivity index (χ4n) is 4.78. The van der Waals surface area contributed by atoms with Gasteiger partial charge in [-0.2, -0.15) is 0 Å². The first-order valence-electron chi connectivity index (χ1n) is 14.4. The van der Waals surface area contributed by atoms with Crippen molar-refractivity contribution in [1.29, 1.82) is 0 Å². The van der Waals surface area contributed by atoms with Gasteiger partial charge in [-0.15, -0.1) is 0 Å². The molecule has 0 amide bonds. The summed E-state index contributed by atoms with van der Waals surface area (Å²) in [4.78, 5) is 13.7. The van der Waals surface area contributed by atoms with E-state index in [2.05, 4.69) is 111 Å². The number of ether oxygens (including phenoxy) is 2. The molecule has 2 aromatic rings. The van der Waals surface area contributed by atoms with Crippen molar-refractivity contribution in [3.05, 3.63) is 10.2 Å². The van der Waals surface area contributed by atoms with Crippen molar-refractivity contribution in [1.82, 2.24) is 19.5 Å². The van der Waals surface area contributed by atoms with Gasteiger partial charge >= 0.3 is 0 Å². The van der Waals surface area contributed by atoms with Crippen molar-refractivity contribution in [2.24, 2.45) is 5.92 Å². The Bertz CT molecular complexity index is 1150. The minimum atomic E-state index is -1.97. The Labute approximate surface area is 269 Å². The zero-order chi connectivity index (χ0) is 28.8. The second kappa shape index (κ2) is 12.9. The summed E-state index contributed by atoms with van der Waals surface area (Å²) in [6.07, 6.45) is 7.68. The summed E-state index contributed by atoms with van der Waals surface area (Å²) < 4.78 is 29.3. The Balaban J connectivity index is 0.00000441. The number of fused-ring (bicyclic) bond motifs is 1. The van der Waals surface area contributed by atoms with Crippen LogP contribution < -0.4 is 4.74 Å². The zero-order valence-electron chi connectivity index (χ0n) is 25.9. The molecule has 40 heavy (non-hydrogen) atoms. The van der Waals surface area contributed by atoms with Crippen LogP contribution in [0.4, 0.5) is 0 Å². The maximum absolute atomic E-state index is 7.00. The first kappa shape index (κ1) is 34.5. The molecule has 1 aliphatic heterocycles. The van der Waals surface area contributed by atoms with Crippen LogP contribution in [0.2, 0.25) is 36.3 Å². The van der Waals surface area contributed by atoms with Crippen LogP contribution in [0, 0.1) is 16.1 Å². The smallest absolute Gasteiger partial charge is 0.192 e. The number of nitrogens with zero attached hydrogens (tertiary/aromatic N) is 4. The third kappa shape index (κ3) is 7.56. The molecule has 12 heteroatoms. The number of hydrogen-bond acceptors (Lipinski definition) is 7. The van der Waals surface area contributed by atoms with E-state index in [4.69, 9.17) is 23.3 Å². The molecule has 1 radical (unpaired) electrons. The molecule has 1 aliphatic carbocycles. The summed E-state index contributed by atoms with van der Waals surface area (Å²) in [7, 11) is -3.86. The van der Waals surface area contributed by atoms with E-state index in [1.54, 1.807) is 0 Å². The molecule has 2 aromatic heterocycles. The summed E-state index contributed by atoms with van der Waals surface area (Å²) in [5.41, 5.74) is 1.40. The van der Waals surface area contributed by atoms with E-state index in [1.165, 1.54) is 0 Å². The third-order valence-electron chi connectivity index (χ3n) is 9.38. The number of aromatic nitrogens is 4. The first-order chi connectivity index (χ1) is 18.0. The van der Waals surface area contributed by atoms with E-state index in [0.717, 1.165) is 48.2 Å². The van der Waals surface area contributed by atoms with Gasteiger partial charge in [-0.05, 0) is 84.5 Å². The molecule has 0 spiro atoms. The van der Waals surface area contributed by atoms with Crippen LogP contribution in [0.5, 0.6) is 5.88 Å². The first-order valence-corrected chi connectivity index (χ1v) is 21.3. The maximum Gasteiger partial charge on any atom is 0.192 e. The number of imidazole rings is 1. The van der Waals surface area contributed by atoms with E-state index in [9.17, 15) is 0 Å². The molecule has 0 N–H and O–H groups in total. The average Bonchev–Trinajstić information content (AvgIpc) is 3.36. The Hall–Kier alpha value is 0.0171. The van der Waals surface area contributed by atoms with Crippen LogP contribution in [0.25, 0.3) is 11.2 Å². The quantitative estimate of drug-likeness (QED) is 0.119. The number of halogens is 1. The summed E-state index contributed by atoms with van der Waals surface area (Å²) in [6.45, 7) is 24.5. The average molecular weight is 791 g/mol. The minimum Gasteiger partial charge on any atom is -0.530 e. The van der Waals surface area contributed by atoms with Gasteiger partial charge in [0.1, 0.15) is 12.1 Å². The molecule has 8 nitrogen and oxygen atoms in total. The molecule has 0 aromatic carbocycles. The topological polar surface area (TPSA) is 80.5 Å². The fraction of sp³-hybridized carbons (Fsp3) is 0.821. The van der Waals surface area contributed by atoms with Gasteiger partial charge in [-0.25, -0.2) is 4.98 Å². The van der Waals surface area contributed by atoms with Gasteiger partial charge in [-0.3, -0.25) is 0 Å². The van der Waals surface area contributed by atoms with Crippen LogP contribution >= 0.6 is 22.6 Å². The Morgan fingerprint density at radius 2 is 1.68 bits per heavy atom. The number of rotatable bonds is 8. The van der Waals surface area contributed by atoms with Gasteiger partial charge in [-0.1, -0.05) is 41.5 Å². The second-order valence-electron chi connectivity index (χ2n) is 14.3. The standard InChI is InChI=1S/C28H48IN4O4Si2.Rh/c1-27(2,3)38(7,8)35-17-19-15-20(16-21(19)37-39(9,10)28(4,5)6)36-25-23-24(30-18-31-25)33(26(29)32-23)22-13-11-12-14-34-22;/h19-22H,11-17H2,1-10H3;/q-1;/t19-,20+,21-,22?;/m0./s1. The molecule has 3 heterocycles. The van der Waals surface area contributed by atoms with Crippen LogP contribution in [-0.4, -0.2) is 61.6 Å². The maximum atomic E-state index is 7.00. The summed E-state index contributed by atoms with van der Waals surface area (Å²) in [6, 6.07) is 0. The second-order valence-corrected chi connectivity index (χ2v) is 24.9. The van der Waals surface area contributed by atoms with Crippen LogP contribution in [0.15, 0.2) is 0 Å². The molecule has 1 saturated heterocycles. The van der Waals surface area contributed by atoms with E-state index in [1.807, 2.05) is 0 Å². The predicted octanol–water partition coefficient (Wildman–Crippen LogP) is 7.50. The van der Waals surface area contributed by atoms with E-state index in [0.29, 0.717) is 18.0 Å². The molecule has 4 rings (SSSR count). The normalized spacial score (nSPS) is 24.8. The summed E-state index contributed by atoms with van der Waals surface area (Å²) in [5.74, 6) is 0.766. The van der Waals surface area contributed by atoms with E-state index in [-0.39, 0.29) is 53.9 Å². The molecule has 2 aliphatic rings. The van der Waals surface area contributed by atoms with Crippen LogP contribution in [0.1, 0.15) is 79.9 Å². The van der Waals surface area contributed by atoms with Crippen molar-refractivity contribution in [3.63, 3.8) is 0 Å². The van der Waals surface area contributed by atoms with Crippen molar-refractivity contribution >= 4 is 50.4 Å². The molecule has 1 saturated carbocycles. The van der Waals surface area contributed by atoms with Crippen LogP contribution in [0.3, 0.4) is 0 Å². The third-order valence-corrected chi connectivity index (χ3v) is 19.1. The molecular formula is C28H48IN4O4RhSi2-. The molecule has 4 atom stereocenters. The van der Waals surface area contributed by atoms with Gasteiger partial charge in [0.2, 0.25) is 0 Å². The Morgan fingerprint density at radius 1 is 1.00 bits per heavy atom. The monoisotopic (exact) mass is 790 g/mol. The fourth-order valence-corrected chi connectivity index (χ4v) is 8.02. The van der Waals surface area contributed by atoms with Crippen molar-refractivity contribution < 1.29 is 37.8 Å². The zero-order valence-corrected chi connectivity index (χ0v) is 31.7. The number of hydrogen-bond donors (Lipinski definition) is 0. The molecule has 1 unspecified atom stereocenters. The molecule has 2 fully saturated rings. The van der Waals surface area contributed by atoms with Gasteiger partial charge in [0.05, 0.1) is 23.4 Å². The predicted molar refractivity (Wildman–Crippen MR) is 168 cm³/mol. The SMILES string of the molecule is CC(C)(C)[Si](C)(C)OC[C@@H]1C[C@@H](Oc2n[c-]nc3c2nc(I)n3C2CCCCO2)C[C@@H]1O[Si](C)(C)C(C)(C)C.[Rh].